The second-order valence-electron chi connectivity index (χ2n) is 0.959. The van der Waals surface area contributed by atoms with Gasteiger partial charge in [-0.15, -0.1) is 0 Å². The molecule has 9 N–H and O–H groups in total. The molecule has 6 heavy (non-hydrogen) atoms. The number of rotatable bonds is 0. The maximum absolute atomic E-state index is 8.26. The molecule has 0 aliphatic heterocycles. The summed E-state index contributed by atoms with van der Waals surface area (Å²) in [6.45, 7) is 0. The minimum atomic E-state index is -4.33. The van der Waals surface area contributed by atoms with Crippen LogP contribution in [0, 0.1) is 0 Å². The summed E-state index contributed by atoms with van der Waals surface area (Å²) in [6, 6.07) is 0. The maximum atomic E-state index is 8.26. The standard InChI is InChI=1S/4H2N.H2O.Pd/h5*1H2;/q4*-1;;+5/p-1. The summed E-state index contributed by atoms with van der Waals surface area (Å²) in [6.07, 6.45) is 0. The van der Waals surface area contributed by atoms with E-state index in [9.17, 15) is 0 Å². The van der Waals surface area contributed by atoms with Crippen LogP contribution in [-0.2, 0) is 15.7 Å². The van der Waals surface area contributed by atoms with Gasteiger partial charge in [0.25, 0.3) is 0 Å². The third-order valence-electron chi connectivity index (χ3n) is 0. The fourth-order valence-corrected chi connectivity index (χ4v) is 0. The van der Waals surface area contributed by atoms with Crippen molar-refractivity contribution >= 4 is 0 Å². The van der Waals surface area contributed by atoms with Crippen molar-refractivity contribution in [2.45, 2.75) is 0 Å². The Hall–Kier alpha value is 0.462. The minimum absolute atomic E-state index is 4.33. The average molecular weight is 188 g/mol. The Bertz CT molecular complexity index is 40.7. The Morgan fingerprint density at radius 2 is 1.00 bits per heavy atom. The van der Waals surface area contributed by atoms with Crippen LogP contribution in [0.4, 0.5) is 0 Å². The van der Waals surface area contributed by atoms with Crippen LogP contribution in [0.1, 0.15) is 0 Å². The van der Waals surface area contributed by atoms with Gasteiger partial charge in [-0.25, -0.2) is 0 Å². The van der Waals surface area contributed by atoms with E-state index in [-0.39, 0.29) is 0 Å². The number of hydrogen-bond donors (Lipinski definition) is 5. The van der Waals surface area contributed by atoms with Gasteiger partial charge in [-0.05, 0) is 0 Å². The van der Waals surface area contributed by atoms with Gasteiger partial charge in [-0.3, -0.25) is 0 Å². The average Bonchev–Trinajstić information content (AvgIpc) is 0.650. The Morgan fingerprint density at radius 1 is 1.00 bits per heavy atom. The molecule has 0 bridgehead atoms. The first-order valence-corrected chi connectivity index (χ1v) is 5.16. The second-order valence-corrected chi connectivity index (χ2v) is 5.67. The molecule has 0 atom stereocenters. The van der Waals surface area contributed by atoms with Crippen molar-refractivity contribution in [2.75, 3.05) is 0 Å². The summed E-state index contributed by atoms with van der Waals surface area (Å²) in [4.78, 5) is 0. The molecule has 0 radical (unpaired) electrons. The molecule has 0 aliphatic rings. The van der Waals surface area contributed by atoms with Gasteiger partial charge in [0.2, 0.25) is 0 Å². The second kappa shape index (κ2) is 0.994. The zero-order valence-electron chi connectivity index (χ0n) is 3.07. The van der Waals surface area contributed by atoms with Crippen LogP contribution in [0.25, 0.3) is 0 Å². The van der Waals surface area contributed by atoms with Gasteiger partial charge in [-0.1, -0.05) is 0 Å². The fraction of sp³-hybridized carbons (Fsp3) is 0. The predicted octanol–water partition coefficient (Wildman–Crippen LogP) is -2.92. The molecule has 0 saturated carbocycles. The zero-order valence-corrected chi connectivity index (χ0v) is 4.63. The van der Waals surface area contributed by atoms with Crippen molar-refractivity contribution in [2.24, 2.45) is 17.5 Å². The molecule has 0 rings (SSSR count). The van der Waals surface area contributed by atoms with Crippen LogP contribution < -0.4 is 17.5 Å². The molecule has 0 saturated heterocycles. The first-order valence-electron chi connectivity index (χ1n) is 0.872. The quantitative estimate of drug-likeness (QED) is 0.260. The molecule has 0 unspecified atom stereocenters. The van der Waals surface area contributed by atoms with Gasteiger partial charge < -0.3 is 0 Å². The SMILES string of the molecule is [NH2][Pd]([NH2])([NH2])([NH2])[OH]. The van der Waals surface area contributed by atoms with Crippen LogP contribution in [0.15, 0.2) is 0 Å². The molecule has 0 aromatic carbocycles. The Labute approximate surface area is 37.6 Å². The van der Waals surface area contributed by atoms with E-state index in [1.807, 2.05) is 0 Å². The molecule has 0 aromatic heterocycles. The van der Waals surface area contributed by atoms with E-state index in [2.05, 4.69) is 17.5 Å². The Morgan fingerprint density at radius 3 is 1.00 bits per heavy atom. The summed E-state index contributed by atoms with van der Waals surface area (Å²) in [7, 11) is 0. The molecule has 0 heterocycles. The normalized spacial score (nSPS) is 19.2. The summed E-state index contributed by atoms with van der Waals surface area (Å²) in [5, 5.41) is 0. The number of hydrogen-bond acceptors (Lipinski definition) is 5. The molecular weight excluding hydrogens is 178 g/mol. The topological polar surface area (TPSA) is 124 Å². The summed E-state index contributed by atoms with van der Waals surface area (Å²) >= 11 is -4.33. The molecule has 0 amide bonds. The Balaban J connectivity index is 3.73. The molecular formula is H9N4OPd. The first-order chi connectivity index (χ1) is 2.24. The molecule has 0 aromatic rings. The molecule has 45 valence electrons. The summed E-state index contributed by atoms with van der Waals surface area (Å²) in [5.74, 6) is 0. The van der Waals surface area contributed by atoms with Crippen LogP contribution >= 0.6 is 0 Å². The molecule has 0 fully saturated rings. The summed E-state index contributed by atoms with van der Waals surface area (Å²) in [5.41, 5.74) is 0. The van der Waals surface area contributed by atoms with E-state index < -0.39 is 15.7 Å². The third-order valence-corrected chi connectivity index (χ3v) is 0. The monoisotopic (exact) mass is 187 g/mol. The molecule has 5 nitrogen and oxygen atoms in total. The third kappa shape index (κ3) is 250. The van der Waals surface area contributed by atoms with Gasteiger partial charge in [0.15, 0.2) is 0 Å². The van der Waals surface area contributed by atoms with Gasteiger partial charge >= 0.3 is 37.0 Å². The van der Waals surface area contributed by atoms with Crippen molar-refractivity contribution in [3.05, 3.63) is 0 Å². The van der Waals surface area contributed by atoms with Crippen LogP contribution in [-0.4, -0.2) is 3.83 Å². The van der Waals surface area contributed by atoms with Gasteiger partial charge in [0.05, 0.1) is 0 Å². The molecule has 6 heteroatoms. The van der Waals surface area contributed by atoms with E-state index in [0.29, 0.717) is 0 Å². The predicted molar refractivity (Wildman–Crippen MR) is 19.0 cm³/mol. The van der Waals surface area contributed by atoms with Gasteiger partial charge in [0, 0.05) is 0 Å². The van der Waals surface area contributed by atoms with E-state index in [0.717, 1.165) is 0 Å². The fourth-order valence-electron chi connectivity index (χ4n) is 0. The van der Waals surface area contributed by atoms with E-state index in [1.54, 1.807) is 0 Å². The van der Waals surface area contributed by atoms with Crippen molar-refractivity contribution < 1.29 is 19.5 Å². The molecule has 0 spiro atoms. The van der Waals surface area contributed by atoms with Crippen LogP contribution in [0.2, 0.25) is 0 Å². The number of nitrogens with two attached hydrogens (primary N) is 4. The summed E-state index contributed by atoms with van der Waals surface area (Å²) < 4.78 is 26.8. The van der Waals surface area contributed by atoms with Crippen molar-refractivity contribution in [1.29, 1.82) is 0 Å². The van der Waals surface area contributed by atoms with Crippen LogP contribution in [0.3, 0.4) is 0 Å². The van der Waals surface area contributed by atoms with Gasteiger partial charge in [0.1, 0.15) is 0 Å². The van der Waals surface area contributed by atoms with Gasteiger partial charge in [-0.2, -0.15) is 0 Å². The molecule has 0 aliphatic carbocycles. The van der Waals surface area contributed by atoms with E-state index in [4.69, 9.17) is 3.83 Å². The zero-order chi connectivity index (χ0) is 5.45. The van der Waals surface area contributed by atoms with Crippen LogP contribution in [0.5, 0.6) is 0 Å². The van der Waals surface area contributed by atoms with E-state index >= 15 is 0 Å². The van der Waals surface area contributed by atoms with Crippen molar-refractivity contribution in [1.82, 2.24) is 0 Å². The van der Waals surface area contributed by atoms with Crippen molar-refractivity contribution in [3.63, 3.8) is 0 Å². The first kappa shape index (κ1) is 6.46. The van der Waals surface area contributed by atoms with E-state index in [1.165, 1.54) is 0 Å². The van der Waals surface area contributed by atoms with Crippen molar-refractivity contribution in [3.8, 4) is 0 Å². The Kier molecular flexibility index (Phi) is 1.07.